The molecular weight excluding hydrogens is 327 g/mol. The van der Waals surface area contributed by atoms with Crippen LogP contribution in [0.4, 0.5) is 13.2 Å². The molecule has 0 fully saturated rings. The van der Waals surface area contributed by atoms with E-state index in [9.17, 15) is 13.2 Å². The molecule has 0 aliphatic carbocycles. The molecule has 5 nitrogen and oxygen atoms in total. The van der Waals surface area contributed by atoms with Crippen LogP contribution in [0.5, 0.6) is 0 Å². The normalized spacial score (nSPS) is 11.9. The first-order chi connectivity index (χ1) is 10.8. The summed E-state index contributed by atoms with van der Waals surface area (Å²) in [5.41, 5.74) is 2.11. The van der Waals surface area contributed by atoms with E-state index >= 15 is 0 Å². The summed E-state index contributed by atoms with van der Waals surface area (Å²) in [5.74, 6) is 0.116. The number of nitrogens with zero attached hydrogens (tertiary/aromatic N) is 5. The Bertz CT molecular complexity index is 866. The maximum absolute atomic E-state index is 12.7. The summed E-state index contributed by atoms with van der Waals surface area (Å²) in [6.45, 7) is 3.73. The summed E-state index contributed by atoms with van der Waals surface area (Å²) in [6, 6.07) is 1.58. The Morgan fingerprint density at radius 3 is 2.52 bits per heavy atom. The van der Waals surface area contributed by atoms with E-state index in [0.717, 1.165) is 33.7 Å². The molecule has 3 heterocycles. The molecule has 0 atom stereocenters. The third kappa shape index (κ3) is 2.83. The van der Waals surface area contributed by atoms with E-state index in [2.05, 4.69) is 26.2 Å². The van der Waals surface area contributed by atoms with E-state index in [1.165, 1.54) is 0 Å². The van der Waals surface area contributed by atoms with Gasteiger partial charge < -0.3 is 0 Å². The maximum Gasteiger partial charge on any atom is 0.434 e. The highest BCUT2D eigenvalue weighted by molar-refractivity contribution is 7.13. The predicted molar refractivity (Wildman–Crippen MR) is 78.7 cm³/mol. The molecule has 0 aliphatic heterocycles. The molecule has 1 radical (unpaired) electrons. The monoisotopic (exact) mass is 338 g/mol. The van der Waals surface area contributed by atoms with Gasteiger partial charge in [-0.3, -0.25) is 4.68 Å². The van der Waals surface area contributed by atoms with Crippen LogP contribution in [-0.2, 0) is 13.2 Å². The molecule has 0 amide bonds. The average Bonchev–Trinajstić information content (AvgIpc) is 3.05. The molecule has 0 N–H and O–H groups in total. The van der Waals surface area contributed by atoms with Crippen LogP contribution in [0.1, 0.15) is 17.1 Å². The van der Waals surface area contributed by atoms with Gasteiger partial charge in [-0.05, 0) is 19.9 Å². The Balaban J connectivity index is 2.05. The highest BCUT2D eigenvalue weighted by Crippen LogP contribution is 2.33. The molecular formula is C14H11F3N5S. The SMILES string of the molecule is Cc1nn(C)c(C)c1-c1c[c]nc(-c2nc(C(F)(F)F)cs2)n1. The number of halogens is 3. The fraction of sp³-hybridized carbons (Fsp3) is 0.286. The molecule has 0 spiro atoms. The molecule has 0 unspecified atom stereocenters. The van der Waals surface area contributed by atoms with E-state index < -0.39 is 11.9 Å². The second kappa shape index (κ2) is 5.41. The van der Waals surface area contributed by atoms with Crippen LogP contribution in [0, 0.1) is 20.0 Å². The van der Waals surface area contributed by atoms with Gasteiger partial charge in [0.05, 0.1) is 17.6 Å². The van der Waals surface area contributed by atoms with Crippen LogP contribution < -0.4 is 0 Å². The number of aromatic nitrogens is 5. The largest absolute Gasteiger partial charge is 0.434 e. The van der Waals surface area contributed by atoms with Crippen LogP contribution in [-0.4, -0.2) is 24.7 Å². The Morgan fingerprint density at radius 1 is 1.22 bits per heavy atom. The van der Waals surface area contributed by atoms with Gasteiger partial charge in [-0.1, -0.05) is 0 Å². The first kappa shape index (κ1) is 15.6. The van der Waals surface area contributed by atoms with Crippen LogP contribution in [0.2, 0.25) is 0 Å². The minimum absolute atomic E-state index is 0.106. The van der Waals surface area contributed by atoms with Gasteiger partial charge in [-0.25, -0.2) is 15.0 Å². The fourth-order valence-corrected chi connectivity index (χ4v) is 2.96. The average molecular weight is 338 g/mol. The zero-order valence-corrected chi connectivity index (χ0v) is 13.2. The molecule has 3 aromatic heterocycles. The molecule has 23 heavy (non-hydrogen) atoms. The van der Waals surface area contributed by atoms with E-state index in [0.29, 0.717) is 5.69 Å². The molecule has 0 saturated heterocycles. The van der Waals surface area contributed by atoms with Gasteiger partial charge in [0.25, 0.3) is 0 Å². The minimum atomic E-state index is -4.48. The van der Waals surface area contributed by atoms with E-state index in [1.54, 1.807) is 10.7 Å². The summed E-state index contributed by atoms with van der Waals surface area (Å²) >= 11 is 0.850. The Labute approximate surface area is 133 Å². The number of aryl methyl sites for hydroxylation is 2. The van der Waals surface area contributed by atoms with Crippen LogP contribution in [0.25, 0.3) is 22.1 Å². The van der Waals surface area contributed by atoms with Crippen molar-refractivity contribution in [1.82, 2.24) is 24.7 Å². The molecule has 119 valence electrons. The fourth-order valence-electron chi connectivity index (χ4n) is 2.20. The maximum atomic E-state index is 12.7. The number of rotatable bonds is 2. The van der Waals surface area contributed by atoms with Crippen LogP contribution >= 0.6 is 11.3 Å². The summed E-state index contributed by atoms with van der Waals surface area (Å²) in [4.78, 5) is 11.8. The number of thiazole rings is 1. The quantitative estimate of drug-likeness (QED) is 0.718. The molecule has 0 saturated carbocycles. The summed E-state index contributed by atoms with van der Waals surface area (Å²) < 4.78 is 39.7. The van der Waals surface area contributed by atoms with Crippen molar-refractivity contribution in [3.05, 3.63) is 34.7 Å². The smallest absolute Gasteiger partial charge is 0.272 e. The molecule has 3 aromatic rings. The summed E-state index contributed by atoms with van der Waals surface area (Å²) in [6.07, 6.45) is -1.81. The highest BCUT2D eigenvalue weighted by Gasteiger charge is 2.34. The Hall–Kier alpha value is -2.29. The van der Waals surface area contributed by atoms with Crippen molar-refractivity contribution < 1.29 is 13.2 Å². The standard InChI is InChI=1S/C14H11F3N5S/c1-7-11(8(2)22(3)21-7)9-4-5-18-12(19-9)13-20-10(6-23-13)14(15,16)17/h4,6H,1-3H3. The second-order valence-electron chi connectivity index (χ2n) is 4.91. The van der Waals surface area contributed by atoms with Gasteiger partial charge in [0.1, 0.15) is 0 Å². The van der Waals surface area contributed by atoms with Crippen molar-refractivity contribution in [2.75, 3.05) is 0 Å². The van der Waals surface area contributed by atoms with E-state index in [-0.39, 0.29) is 10.8 Å². The zero-order valence-electron chi connectivity index (χ0n) is 12.4. The summed E-state index contributed by atoms with van der Waals surface area (Å²) in [5, 5.41) is 5.36. The van der Waals surface area contributed by atoms with Gasteiger partial charge in [-0.2, -0.15) is 18.3 Å². The lowest BCUT2D eigenvalue weighted by Crippen LogP contribution is -2.05. The van der Waals surface area contributed by atoms with Gasteiger partial charge >= 0.3 is 6.18 Å². The first-order valence-electron chi connectivity index (χ1n) is 6.56. The van der Waals surface area contributed by atoms with E-state index in [4.69, 9.17) is 0 Å². The van der Waals surface area contributed by atoms with Gasteiger partial charge in [-0.15, -0.1) is 11.3 Å². The van der Waals surface area contributed by atoms with Crippen LogP contribution in [0.15, 0.2) is 11.4 Å². The zero-order chi connectivity index (χ0) is 16.8. The first-order valence-corrected chi connectivity index (χ1v) is 7.44. The third-order valence-electron chi connectivity index (χ3n) is 3.35. The second-order valence-corrected chi connectivity index (χ2v) is 5.77. The molecule has 0 aromatic carbocycles. The molecule has 9 heteroatoms. The lowest BCUT2D eigenvalue weighted by Gasteiger charge is -2.03. The number of alkyl halides is 3. The molecule has 3 rings (SSSR count). The van der Waals surface area contributed by atoms with Crippen molar-refractivity contribution in [2.24, 2.45) is 7.05 Å². The minimum Gasteiger partial charge on any atom is -0.272 e. The van der Waals surface area contributed by atoms with Gasteiger partial charge in [0, 0.05) is 23.7 Å². The highest BCUT2D eigenvalue weighted by atomic mass is 32.1. The molecule has 0 aliphatic rings. The third-order valence-corrected chi connectivity index (χ3v) is 4.19. The number of hydrogen-bond donors (Lipinski definition) is 0. The lowest BCUT2D eigenvalue weighted by atomic mass is 10.1. The topological polar surface area (TPSA) is 56.5 Å². The molecule has 0 bridgehead atoms. The van der Waals surface area contributed by atoms with Crippen molar-refractivity contribution >= 4 is 11.3 Å². The van der Waals surface area contributed by atoms with Gasteiger partial charge in [0.2, 0.25) is 0 Å². The van der Waals surface area contributed by atoms with Crippen molar-refractivity contribution in [2.45, 2.75) is 20.0 Å². The van der Waals surface area contributed by atoms with Crippen molar-refractivity contribution in [3.63, 3.8) is 0 Å². The predicted octanol–water partition coefficient (Wildman–Crippen LogP) is 3.44. The number of hydrogen-bond acceptors (Lipinski definition) is 5. The van der Waals surface area contributed by atoms with Crippen LogP contribution in [0.3, 0.4) is 0 Å². The van der Waals surface area contributed by atoms with Gasteiger partial charge in [0.15, 0.2) is 16.5 Å². The Morgan fingerprint density at radius 2 is 1.96 bits per heavy atom. The van der Waals surface area contributed by atoms with Crippen molar-refractivity contribution in [3.8, 4) is 22.1 Å². The van der Waals surface area contributed by atoms with E-state index in [1.807, 2.05) is 20.9 Å². The van der Waals surface area contributed by atoms with Crippen molar-refractivity contribution in [1.29, 1.82) is 0 Å². The summed E-state index contributed by atoms with van der Waals surface area (Å²) in [7, 11) is 1.81. The lowest BCUT2D eigenvalue weighted by molar-refractivity contribution is -0.140. The Kier molecular flexibility index (Phi) is 3.67.